The molecule has 0 aromatic heterocycles. The van der Waals surface area contributed by atoms with E-state index in [-0.39, 0.29) is 17.9 Å². The van der Waals surface area contributed by atoms with Crippen LogP contribution in [0.5, 0.6) is 0 Å². The Morgan fingerprint density at radius 1 is 1.00 bits per heavy atom. The van der Waals surface area contributed by atoms with E-state index in [1.807, 2.05) is 51.1 Å². The standard InChI is InChI=1S/C17H24N2O2/c1-12(2)13(3)19-17(21)14(4)18-16(20)11-10-15-8-6-5-7-9-15/h5-14H,1-4H3,(H,18,20)(H,19,21)/b11-10+. The molecule has 4 nitrogen and oxygen atoms in total. The summed E-state index contributed by atoms with van der Waals surface area (Å²) in [4.78, 5) is 23.7. The molecule has 0 fully saturated rings. The Kier molecular flexibility index (Phi) is 6.66. The number of carbonyl (C=O) groups excluding carboxylic acids is 2. The number of benzene rings is 1. The first-order valence-electron chi connectivity index (χ1n) is 7.24. The summed E-state index contributed by atoms with van der Waals surface area (Å²) in [5, 5.41) is 5.54. The Labute approximate surface area is 126 Å². The molecule has 1 aromatic rings. The van der Waals surface area contributed by atoms with E-state index in [0.717, 1.165) is 5.56 Å². The van der Waals surface area contributed by atoms with Crippen LogP contribution in [0.4, 0.5) is 0 Å². The molecule has 2 N–H and O–H groups in total. The molecule has 114 valence electrons. The SMILES string of the molecule is CC(NC(=O)/C=C/c1ccccc1)C(=O)NC(C)C(C)C. The lowest BCUT2D eigenvalue weighted by Gasteiger charge is -2.20. The summed E-state index contributed by atoms with van der Waals surface area (Å²) in [6.07, 6.45) is 3.15. The molecule has 0 bridgehead atoms. The highest BCUT2D eigenvalue weighted by Gasteiger charge is 2.17. The van der Waals surface area contributed by atoms with Crippen molar-refractivity contribution in [2.75, 3.05) is 0 Å². The summed E-state index contributed by atoms with van der Waals surface area (Å²) >= 11 is 0. The molecule has 0 aliphatic carbocycles. The van der Waals surface area contributed by atoms with Crippen LogP contribution in [0.25, 0.3) is 6.08 Å². The number of hydrogen-bond acceptors (Lipinski definition) is 2. The van der Waals surface area contributed by atoms with Crippen molar-refractivity contribution in [3.63, 3.8) is 0 Å². The van der Waals surface area contributed by atoms with E-state index < -0.39 is 6.04 Å². The molecular weight excluding hydrogens is 264 g/mol. The minimum atomic E-state index is -0.556. The molecule has 1 rings (SSSR count). The molecule has 2 amide bonds. The number of amides is 2. The summed E-state index contributed by atoms with van der Waals surface area (Å²) < 4.78 is 0. The summed E-state index contributed by atoms with van der Waals surface area (Å²) in [5.74, 6) is -0.0915. The smallest absolute Gasteiger partial charge is 0.244 e. The van der Waals surface area contributed by atoms with Crippen LogP contribution in [-0.2, 0) is 9.59 Å². The zero-order valence-electron chi connectivity index (χ0n) is 13.1. The predicted molar refractivity (Wildman–Crippen MR) is 85.5 cm³/mol. The third-order valence-corrected chi connectivity index (χ3v) is 3.35. The Hall–Kier alpha value is -2.10. The summed E-state index contributed by atoms with van der Waals surface area (Å²) in [6.45, 7) is 7.70. The van der Waals surface area contributed by atoms with Gasteiger partial charge in [-0.3, -0.25) is 9.59 Å². The second-order valence-corrected chi connectivity index (χ2v) is 5.52. The minimum Gasteiger partial charge on any atom is -0.352 e. The van der Waals surface area contributed by atoms with Crippen molar-refractivity contribution in [1.82, 2.24) is 10.6 Å². The minimum absolute atomic E-state index is 0.0803. The lowest BCUT2D eigenvalue weighted by atomic mass is 10.1. The molecule has 0 radical (unpaired) electrons. The second-order valence-electron chi connectivity index (χ2n) is 5.52. The van der Waals surface area contributed by atoms with Gasteiger partial charge in [0.1, 0.15) is 6.04 Å². The number of nitrogens with one attached hydrogen (secondary N) is 2. The van der Waals surface area contributed by atoms with Crippen molar-refractivity contribution < 1.29 is 9.59 Å². The van der Waals surface area contributed by atoms with Crippen molar-refractivity contribution in [3.05, 3.63) is 42.0 Å². The van der Waals surface area contributed by atoms with Crippen LogP contribution >= 0.6 is 0 Å². The van der Waals surface area contributed by atoms with Crippen LogP contribution in [0.3, 0.4) is 0 Å². The highest BCUT2D eigenvalue weighted by atomic mass is 16.2. The summed E-state index contributed by atoms with van der Waals surface area (Å²) in [6, 6.07) is 9.06. The Bertz CT molecular complexity index is 495. The van der Waals surface area contributed by atoms with E-state index >= 15 is 0 Å². The first-order chi connectivity index (χ1) is 9.90. The molecule has 0 aliphatic heterocycles. The van der Waals surface area contributed by atoms with Gasteiger partial charge in [0, 0.05) is 12.1 Å². The Balaban J connectivity index is 2.47. The zero-order valence-corrected chi connectivity index (χ0v) is 13.1. The van der Waals surface area contributed by atoms with Gasteiger partial charge in [-0.05, 0) is 31.4 Å². The molecule has 2 atom stereocenters. The second kappa shape index (κ2) is 8.25. The number of carbonyl (C=O) groups is 2. The van der Waals surface area contributed by atoms with Gasteiger partial charge >= 0.3 is 0 Å². The topological polar surface area (TPSA) is 58.2 Å². The van der Waals surface area contributed by atoms with Crippen molar-refractivity contribution in [2.24, 2.45) is 5.92 Å². The van der Waals surface area contributed by atoms with Crippen LogP contribution < -0.4 is 10.6 Å². The molecule has 0 aliphatic rings. The maximum absolute atomic E-state index is 11.9. The van der Waals surface area contributed by atoms with E-state index in [1.165, 1.54) is 6.08 Å². The summed E-state index contributed by atoms with van der Waals surface area (Å²) in [7, 11) is 0. The average Bonchev–Trinajstić information content (AvgIpc) is 2.45. The van der Waals surface area contributed by atoms with Crippen LogP contribution in [0, 0.1) is 5.92 Å². The Morgan fingerprint density at radius 3 is 2.19 bits per heavy atom. The maximum atomic E-state index is 11.9. The summed E-state index contributed by atoms with van der Waals surface area (Å²) in [5.41, 5.74) is 0.943. The maximum Gasteiger partial charge on any atom is 0.244 e. The van der Waals surface area contributed by atoms with Gasteiger partial charge in [0.15, 0.2) is 0 Å². The van der Waals surface area contributed by atoms with Gasteiger partial charge < -0.3 is 10.6 Å². The molecule has 0 spiro atoms. The van der Waals surface area contributed by atoms with Crippen LogP contribution in [0.15, 0.2) is 36.4 Å². The molecule has 4 heteroatoms. The van der Waals surface area contributed by atoms with Crippen molar-refractivity contribution >= 4 is 17.9 Å². The van der Waals surface area contributed by atoms with Crippen LogP contribution in [0.2, 0.25) is 0 Å². The lowest BCUT2D eigenvalue weighted by Crippen LogP contribution is -2.48. The highest BCUT2D eigenvalue weighted by Crippen LogP contribution is 2.01. The van der Waals surface area contributed by atoms with Gasteiger partial charge in [-0.1, -0.05) is 44.2 Å². The largest absolute Gasteiger partial charge is 0.352 e. The number of hydrogen-bond donors (Lipinski definition) is 2. The molecular formula is C17H24N2O2. The third kappa shape index (κ3) is 6.25. The molecule has 0 heterocycles. The Morgan fingerprint density at radius 2 is 1.62 bits per heavy atom. The molecule has 2 unspecified atom stereocenters. The van der Waals surface area contributed by atoms with E-state index in [9.17, 15) is 9.59 Å². The van der Waals surface area contributed by atoms with Gasteiger partial charge in [0.25, 0.3) is 0 Å². The molecule has 1 aromatic carbocycles. The van der Waals surface area contributed by atoms with Crippen LogP contribution in [-0.4, -0.2) is 23.9 Å². The highest BCUT2D eigenvalue weighted by molar-refractivity contribution is 5.95. The molecule has 0 saturated carbocycles. The predicted octanol–water partition coefficient (Wildman–Crippen LogP) is 2.37. The number of rotatable bonds is 6. The first kappa shape index (κ1) is 17.0. The monoisotopic (exact) mass is 288 g/mol. The fourth-order valence-corrected chi connectivity index (χ4v) is 1.58. The van der Waals surface area contributed by atoms with Crippen LogP contribution in [0.1, 0.15) is 33.3 Å². The quantitative estimate of drug-likeness (QED) is 0.790. The fraction of sp³-hybridized carbons (Fsp3) is 0.412. The first-order valence-corrected chi connectivity index (χ1v) is 7.24. The van der Waals surface area contributed by atoms with E-state index in [2.05, 4.69) is 10.6 Å². The third-order valence-electron chi connectivity index (χ3n) is 3.35. The zero-order chi connectivity index (χ0) is 15.8. The average molecular weight is 288 g/mol. The van der Waals surface area contributed by atoms with Crippen molar-refractivity contribution in [3.8, 4) is 0 Å². The van der Waals surface area contributed by atoms with Gasteiger partial charge in [-0.25, -0.2) is 0 Å². The van der Waals surface area contributed by atoms with Gasteiger partial charge in [-0.15, -0.1) is 0 Å². The van der Waals surface area contributed by atoms with Crippen molar-refractivity contribution in [2.45, 2.75) is 39.8 Å². The van der Waals surface area contributed by atoms with Gasteiger partial charge in [0.2, 0.25) is 11.8 Å². The van der Waals surface area contributed by atoms with Gasteiger partial charge in [-0.2, -0.15) is 0 Å². The van der Waals surface area contributed by atoms with Gasteiger partial charge in [0.05, 0.1) is 0 Å². The van der Waals surface area contributed by atoms with E-state index in [4.69, 9.17) is 0 Å². The fourth-order valence-electron chi connectivity index (χ4n) is 1.58. The van der Waals surface area contributed by atoms with Crippen molar-refractivity contribution in [1.29, 1.82) is 0 Å². The lowest BCUT2D eigenvalue weighted by molar-refractivity contribution is -0.127. The molecule has 0 saturated heterocycles. The van der Waals surface area contributed by atoms with E-state index in [1.54, 1.807) is 13.0 Å². The molecule has 21 heavy (non-hydrogen) atoms. The normalized spacial score (nSPS) is 14.0. The van der Waals surface area contributed by atoms with E-state index in [0.29, 0.717) is 5.92 Å².